The van der Waals surface area contributed by atoms with Crippen LogP contribution in [0.5, 0.6) is 0 Å². The number of benzene rings is 1. The Balaban J connectivity index is 1.65. The third-order valence-corrected chi connectivity index (χ3v) is 7.75. The van der Waals surface area contributed by atoms with Crippen molar-refractivity contribution in [2.24, 2.45) is 5.92 Å². The number of rotatable bonds is 6. The van der Waals surface area contributed by atoms with E-state index in [1.54, 1.807) is 16.7 Å². The molecule has 174 valence electrons. The predicted molar refractivity (Wildman–Crippen MR) is 130 cm³/mol. The Morgan fingerprint density at radius 2 is 1.97 bits per heavy atom. The average Bonchev–Trinajstić information content (AvgIpc) is 3.20. The first-order valence-electron chi connectivity index (χ1n) is 12.5. The van der Waals surface area contributed by atoms with Crippen LogP contribution in [0.25, 0.3) is 22.3 Å². The minimum atomic E-state index is -0.619. The van der Waals surface area contributed by atoms with Gasteiger partial charge in [0.2, 0.25) is 0 Å². The number of aliphatic hydroxyl groups is 1. The van der Waals surface area contributed by atoms with E-state index in [2.05, 4.69) is 6.92 Å². The zero-order valence-corrected chi connectivity index (χ0v) is 19.7. The molecule has 2 aromatic heterocycles. The number of aromatic nitrogens is 2. The summed E-state index contributed by atoms with van der Waals surface area (Å²) in [5, 5.41) is 12.1. The molecule has 1 aliphatic carbocycles. The van der Waals surface area contributed by atoms with E-state index < -0.39 is 6.10 Å². The zero-order valence-electron chi connectivity index (χ0n) is 19.7. The first-order valence-corrected chi connectivity index (χ1v) is 12.5. The van der Waals surface area contributed by atoms with Crippen LogP contribution in [0.2, 0.25) is 0 Å². The molecule has 3 aromatic rings. The summed E-state index contributed by atoms with van der Waals surface area (Å²) in [6, 6.07) is 6.77. The zero-order chi connectivity index (χ0) is 23.1. The van der Waals surface area contributed by atoms with Gasteiger partial charge in [-0.05, 0) is 73.9 Å². The number of aryl methyl sites for hydroxylation is 1. The Morgan fingerprint density at radius 3 is 2.73 bits per heavy atom. The molecule has 1 atom stereocenters. The van der Waals surface area contributed by atoms with Crippen molar-refractivity contribution >= 4 is 10.9 Å². The Hall–Kier alpha value is -2.53. The van der Waals surface area contributed by atoms with Gasteiger partial charge in [-0.15, -0.1) is 0 Å². The summed E-state index contributed by atoms with van der Waals surface area (Å²) in [6.07, 6.45) is 8.98. The van der Waals surface area contributed by atoms with Crippen LogP contribution in [0.1, 0.15) is 86.6 Å². The Kier molecular flexibility index (Phi) is 6.09. The number of halogens is 1. The Morgan fingerprint density at radius 1 is 1.18 bits per heavy atom. The van der Waals surface area contributed by atoms with E-state index in [1.807, 2.05) is 13.0 Å². The highest BCUT2D eigenvalue weighted by Gasteiger charge is 2.31. The van der Waals surface area contributed by atoms with Crippen LogP contribution < -0.4 is 5.56 Å². The van der Waals surface area contributed by atoms with Gasteiger partial charge in [0.25, 0.3) is 5.56 Å². The molecule has 4 nitrogen and oxygen atoms in total. The first-order chi connectivity index (χ1) is 16.0. The molecule has 0 amide bonds. The molecule has 1 saturated carbocycles. The summed E-state index contributed by atoms with van der Waals surface area (Å²) >= 11 is 0. The van der Waals surface area contributed by atoms with Crippen molar-refractivity contribution in [3.63, 3.8) is 0 Å². The molecular formula is C28H33FN2O2. The van der Waals surface area contributed by atoms with E-state index in [4.69, 9.17) is 4.98 Å². The maximum atomic E-state index is 14.1. The smallest absolute Gasteiger partial charge is 0.254 e. The van der Waals surface area contributed by atoms with Crippen molar-refractivity contribution < 1.29 is 9.50 Å². The van der Waals surface area contributed by atoms with Gasteiger partial charge in [0.1, 0.15) is 5.82 Å². The molecule has 2 aliphatic rings. The molecular weight excluding hydrogens is 415 g/mol. The maximum absolute atomic E-state index is 14.1. The van der Waals surface area contributed by atoms with Crippen LogP contribution in [0.4, 0.5) is 4.39 Å². The highest BCUT2D eigenvalue weighted by atomic mass is 19.1. The number of hydrogen-bond acceptors (Lipinski definition) is 3. The predicted octanol–water partition coefficient (Wildman–Crippen LogP) is 6.22. The third-order valence-electron chi connectivity index (χ3n) is 7.75. The molecule has 5 heteroatoms. The van der Waals surface area contributed by atoms with Gasteiger partial charge >= 0.3 is 0 Å². The summed E-state index contributed by atoms with van der Waals surface area (Å²) < 4.78 is 15.9. The fourth-order valence-corrected chi connectivity index (χ4v) is 5.85. The van der Waals surface area contributed by atoms with Crippen molar-refractivity contribution in [2.75, 3.05) is 0 Å². The van der Waals surface area contributed by atoms with E-state index in [1.165, 1.54) is 12.5 Å². The summed E-state index contributed by atoms with van der Waals surface area (Å²) in [6.45, 7) is 4.47. The van der Waals surface area contributed by atoms with E-state index in [0.29, 0.717) is 12.1 Å². The quantitative estimate of drug-likeness (QED) is 0.356. The second-order valence-corrected chi connectivity index (χ2v) is 9.88. The van der Waals surface area contributed by atoms with E-state index in [9.17, 15) is 14.3 Å². The van der Waals surface area contributed by atoms with Crippen molar-refractivity contribution in [3.05, 3.63) is 62.7 Å². The van der Waals surface area contributed by atoms with Gasteiger partial charge in [0, 0.05) is 16.5 Å². The topological polar surface area (TPSA) is 55.1 Å². The lowest BCUT2D eigenvalue weighted by molar-refractivity contribution is 0.0841. The average molecular weight is 449 g/mol. The highest BCUT2D eigenvalue weighted by molar-refractivity contribution is 5.88. The van der Waals surface area contributed by atoms with Gasteiger partial charge in [0.05, 0.1) is 29.6 Å². The van der Waals surface area contributed by atoms with Gasteiger partial charge in [-0.1, -0.05) is 39.0 Å². The van der Waals surface area contributed by atoms with Crippen molar-refractivity contribution in [1.82, 2.24) is 9.55 Å². The second kappa shape index (κ2) is 9.02. The third kappa shape index (κ3) is 3.90. The monoisotopic (exact) mass is 448 g/mol. The summed E-state index contributed by atoms with van der Waals surface area (Å²) in [5.74, 6) is -0.0553. The minimum absolute atomic E-state index is 0.0508. The van der Waals surface area contributed by atoms with Gasteiger partial charge < -0.3 is 9.67 Å². The molecule has 0 bridgehead atoms. The van der Waals surface area contributed by atoms with Gasteiger partial charge in [-0.25, -0.2) is 9.37 Å². The van der Waals surface area contributed by atoms with Crippen LogP contribution in [0, 0.1) is 18.7 Å². The molecule has 1 unspecified atom stereocenters. The summed E-state index contributed by atoms with van der Waals surface area (Å²) in [7, 11) is 0. The molecule has 3 heterocycles. The lowest BCUT2D eigenvalue weighted by atomic mass is 9.82. The van der Waals surface area contributed by atoms with Crippen molar-refractivity contribution in [1.29, 1.82) is 0 Å². The van der Waals surface area contributed by atoms with Crippen molar-refractivity contribution in [2.45, 2.75) is 84.3 Å². The number of hydrogen-bond donors (Lipinski definition) is 1. The van der Waals surface area contributed by atoms with Crippen LogP contribution in [-0.4, -0.2) is 14.7 Å². The molecule has 0 radical (unpaired) electrons. The van der Waals surface area contributed by atoms with Crippen molar-refractivity contribution in [3.8, 4) is 11.4 Å². The van der Waals surface area contributed by atoms with Crippen LogP contribution in [0.15, 0.2) is 29.1 Å². The fourth-order valence-electron chi connectivity index (χ4n) is 5.85. The number of pyridine rings is 2. The molecule has 1 aliphatic heterocycles. The van der Waals surface area contributed by atoms with Crippen LogP contribution >= 0.6 is 0 Å². The molecule has 1 N–H and O–H groups in total. The van der Waals surface area contributed by atoms with Gasteiger partial charge in [-0.3, -0.25) is 4.79 Å². The van der Waals surface area contributed by atoms with E-state index >= 15 is 0 Å². The summed E-state index contributed by atoms with van der Waals surface area (Å²) in [4.78, 5) is 18.3. The molecule has 5 rings (SSSR count). The number of aliphatic hydroxyl groups excluding tert-OH is 1. The molecule has 0 saturated heterocycles. The first kappa shape index (κ1) is 22.3. The Labute approximate surface area is 194 Å². The normalized spacial score (nSPS) is 16.7. The summed E-state index contributed by atoms with van der Waals surface area (Å²) in [5.41, 5.74) is 5.83. The van der Waals surface area contributed by atoms with Gasteiger partial charge in [0.15, 0.2) is 0 Å². The largest absolute Gasteiger partial charge is 0.388 e. The molecule has 1 fully saturated rings. The minimum Gasteiger partial charge on any atom is -0.388 e. The number of fused-ring (bicyclic) bond motifs is 4. The lowest BCUT2D eigenvalue weighted by Gasteiger charge is -2.28. The SMILES string of the molecule is CCCCCc1c2c(nc3ccc(F)cc13)-c1cc(C(O)C3CCCCC3)c(C)c(=O)n1C2. The lowest BCUT2D eigenvalue weighted by Crippen LogP contribution is -2.26. The van der Waals surface area contributed by atoms with E-state index in [0.717, 1.165) is 90.3 Å². The van der Waals surface area contributed by atoms with E-state index in [-0.39, 0.29) is 17.3 Å². The second-order valence-electron chi connectivity index (χ2n) is 9.88. The fraction of sp³-hybridized carbons (Fsp3) is 0.500. The van der Waals surface area contributed by atoms with Crippen LogP contribution in [-0.2, 0) is 13.0 Å². The van der Waals surface area contributed by atoms with Gasteiger partial charge in [-0.2, -0.15) is 0 Å². The number of nitrogens with zero attached hydrogens (tertiary/aromatic N) is 2. The molecule has 1 aromatic carbocycles. The van der Waals surface area contributed by atoms with Crippen LogP contribution in [0.3, 0.4) is 0 Å². The number of unbranched alkanes of at least 4 members (excludes halogenated alkanes) is 2. The molecule has 0 spiro atoms. The highest BCUT2D eigenvalue weighted by Crippen LogP contribution is 2.40. The maximum Gasteiger partial charge on any atom is 0.254 e. The molecule has 33 heavy (non-hydrogen) atoms. The Bertz CT molecular complexity index is 1260. The standard InChI is InChI=1S/C28H33FN2O2/c1-3-4-6-11-20-22-14-19(29)12-13-24(22)30-26-23(20)16-31-25(26)15-21(17(2)28(31)33)27(32)18-9-7-5-8-10-18/h12-15,18,27,32H,3-11,16H2,1-2H3.